The minimum Gasteiger partial charge on any atom is -0.381 e. The molecule has 1 fully saturated rings. The number of carbonyl (C=O) groups excluding carboxylic acids is 1. The summed E-state index contributed by atoms with van der Waals surface area (Å²) in [5, 5.41) is 3.65. The molecule has 1 aromatic heterocycles. The molecule has 2 aromatic rings. The summed E-state index contributed by atoms with van der Waals surface area (Å²) in [5.74, 6) is -0.302. The lowest BCUT2D eigenvalue weighted by Crippen LogP contribution is -2.33. The highest BCUT2D eigenvalue weighted by Gasteiger charge is 2.25. The van der Waals surface area contributed by atoms with Crippen LogP contribution in [0.4, 0.5) is 10.1 Å². The summed E-state index contributed by atoms with van der Waals surface area (Å²) in [4.78, 5) is 17.6. The number of carbonyl (C=O) groups is 1. The molecule has 0 atom stereocenters. The molecule has 0 unspecified atom stereocenters. The van der Waals surface area contributed by atoms with Gasteiger partial charge in [-0.05, 0) is 50.3 Å². The van der Waals surface area contributed by atoms with E-state index >= 15 is 0 Å². The van der Waals surface area contributed by atoms with E-state index in [4.69, 9.17) is 5.73 Å². The Kier molecular flexibility index (Phi) is 5.27. The van der Waals surface area contributed by atoms with Gasteiger partial charge in [0.15, 0.2) is 5.78 Å². The highest BCUT2D eigenvalue weighted by atomic mass is 19.1. The molecule has 4 rings (SSSR count). The Morgan fingerprint density at radius 3 is 2.64 bits per heavy atom. The number of allylic oxidation sites excluding steroid dienone is 1. The van der Waals surface area contributed by atoms with Crippen LogP contribution in [-0.4, -0.2) is 22.9 Å². The zero-order valence-corrected chi connectivity index (χ0v) is 16.2. The quantitative estimate of drug-likeness (QED) is 0.761. The van der Waals surface area contributed by atoms with Gasteiger partial charge in [0, 0.05) is 36.7 Å². The fourth-order valence-electron chi connectivity index (χ4n) is 4.14. The normalized spacial score (nSPS) is 21.2. The molecule has 146 valence electrons. The number of anilines is 1. The molecule has 0 radical (unpaired) electrons. The number of pyridine rings is 1. The maximum atomic E-state index is 13.2. The van der Waals surface area contributed by atoms with Crippen molar-refractivity contribution in [3.05, 3.63) is 64.2 Å². The predicted molar refractivity (Wildman–Crippen MR) is 110 cm³/mol. The lowest BCUT2D eigenvalue weighted by Gasteiger charge is -2.29. The van der Waals surface area contributed by atoms with Crippen molar-refractivity contribution in [3.8, 4) is 0 Å². The zero-order chi connectivity index (χ0) is 19.7. The first-order valence-corrected chi connectivity index (χ1v) is 9.98. The smallest absolute Gasteiger partial charge is 0.170 e. The molecule has 5 heteroatoms. The van der Waals surface area contributed by atoms with Gasteiger partial charge in [0.25, 0.3) is 0 Å². The van der Waals surface area contributed by atoms with Crippen molar-refractivity contribution < 1.29 is 9.18 Å². The van der Waals surface area contributed by atoms with Gasteiger partial charge < -0.3 is 11.1 Å². The van der Waals surface area contributed by atoms with E-state index in [1.54, 1.807) is 18.3 Å². The van der Waals surface area contributed by atoms with Gasteiger partial charge in [0.05, 0.1) is 16.9 Å². The summed E-state index contributed by atoms with van der Waals surface area (Å²) < 4.78 is 13.2. The molecule has 0 aliphatic heterocycles. The molecule has 1 heterocycles. The van der Waals surface area contributed by atoms with Gasteiger partial charge in [0.1, 0.15) is 5.82 Å². The Balaban J connectivity index is 1.63. The lowest BCUT2D eigenvalue weighted by molar-refractivity contribution is 0.0993. The number of fused-ring (bicyclic) bond motifs is 1. The summed E-state index contributed by atoms with van der Waals surface area (Å²) in [5.41, 5.74) is 11.7. The second kappa shape index (κ2) is 7.84. The van der Waals surface area contributed by atoms with Crippen LogP contribution in [0.25, 0.3) is 6.08 Å². The van der Waals surface area contributed by atoms with E-state index in [0.717, 1.165) is 54.6 Å². The van der Waals surface area contributed by atoms with Crippen molar-refractivity contribution in [2.45, 2.75) is 57.5 Å². The van der Waals surface area contributed by atoms with Gasteiger partial charge in [-0.15, -0.1) is 0 Å². The predicted octanol–water partition coefficient (Wildman–Crippen LogP) is 4.29. The van der Waals surface area contributed by atoms with Crippen molar-refractivity contribution in [1.82, 2.24) is 4.98 Å². The molecule has 3 N–H and O–H groups in total. The molecule has 4 nitrogen and oxygen atoms in total. The Morgan fingerprint density at radius 1 is 1.21 bits per heavy atom. The molecule has 0 spiro atoms. The van der Waals surface area contributed by atoms with E-state index in [9.17, 15) is 9.18 Å². The first-order chi connectivity index (χ1) is 13.5. The molecule has 1 aromatic carbocycles. The summed E-state index contributed by atoms with van der Waals surface area (Å²) in [6.07, 6.45) is 8.90. The number of halogens is 1. The van der Waals surface area contributed by atoms with Crippen LogP contribution in [-0.2, 0) is 12.8 Å². The van der Waals surface area contributed by atoms with Crippen LogP contribution in [0.1, 0.15) is 59.8 Å². The number of Topliss-reactive ketones (excluding diaryl/α,β-unsaturated/α-hetero) is 1. The van der Waals surface area contributed by atoms with Crippen LogP contribution >= 0.6 is 0 Å². The lowest BCUT2D eigenvalue weighted by atomic mass is 9.91. The highest BCUT2D eigenvalue weighted by molar-refractivity contribution is 6.04. The number of hydrogen-bond donors (Lipinski definition) is 2. The SMILES string of the molecule is CC1=Cc2c(ncc(C(=O)Cc3ccc(F)cc3)c2NC2CCC(N)CC2)C1. The molecule has 0 bridgehead atoms. The van der Waals surface area contributed by atoms with Crippen LogP contribution in [0, 0.1) is 5.82 Å². The van der Waals surface area contributed by atoms with Crippen LogP contribution < -0.4 is 11.1 Å². The molecular weight excluding hydrogens is 353 g/mol. The van der Waals surface area contributed by atoms with Crippen LogP contribution in [0.2, 0.25) is 0 Å². The molecule has 28 heavy (non-hydrogen) atoms. The van der Waals surface area contributed by atoms with E-state index in [1.165, 1.54) is 17.7 Å². The van der Waals surface area contributed by atoms with Crippen molar-refractivity contribution >= 4 is 17.5 Å². The second-order valence-corrected chi connectivity index (χ2v) is 8.06. The van der Waals surface area contributed by atoms with Gasteiger partial charge in [-0.2, -0.15) is 0 Å². The molecule has 0 amide bonds. The minimum atomic E-state index is -0.297. The molecular formula is C23H26FN3O. The zero-order valence-electron chi connectivity index (χ0n) is 16.2. The Hall–Kier alpha value is -2.53. The molecule has 2 aliphatic carbocycles. The molecule has 0 saturated heterocycles. The summed E-state index contributed by atoms with van der Waals surface area (Å²) >= 11 is 0. The van der Waals surface area contributed by atoms with Crippen LogP contribution in [0.3, 0.4) is 0 Å². The average molecular weight is 379 g/mol. The van der Waals surface area contributed by atoms with Crippen molar-refractivity contribution in [2.24, 2.45) is 5.73 Å². The summed E-state index contributed by atoms with van der Waals surface area (Å²) in [7, 11) is 0. The number of rotatable bonds is 5. The van der Waals surface area contributed by atoms with Gasteiger partial charge in [-0.3, -0.25) is 9.78 Å². The van der Waals surface area contributed by atoms with E-state index in [1.807, 2.05) is 0 Å². The summed E-state index contributed by atoms with van der Waals surface area (Å²) in [6, 6.07) is 6.70. The second-order valence-electron chi connectivity index (χ2n) is 8.06. The minimum absolute atomic E-state index is 0.00475. The van der Waals surface area contributed by atoms with Crippen LogP contribution in [0.5, 0.6) is 0 Å². The average Bonchev–Trinajstić information content (AvgIpc) is 3.06. The largest absolute Gasteiger partial charge is 0.381 e. The third kappa shape index (κ3) is 3.99. The number of ketones is 1. The summed E-state index contributed by atoms with van der Waals surface area (Å²) in [6.45, 7) is 2.09. The van der Waals surface area contributed by atoms with Crippen LogP contribution in [0.15, 0.2) is 36.0 Å². The topological polar surface area (TPSA) is 68.0 Å². The van der Waals surface area contributed by atoms with E-state index in [0.29, 0.717) is 11.6 Å². The number of nitrogens with two attached hydrogens (primary N) is 1. The third-order valence-corrected chi connectivity index (χ3v) is 5.73. The fourth-order valence-corrected chi connectivity index (χ4v) is 4.14. The number of benzene rings is 1. The maximum Gasteiger partial charge on any atom is 0.170 e. The number of hydrogen-bond acceptors (Lipinski definition) is 4. The van der Waals surface area contributed by atoms with Gasteiger partial charge in [0.2, 0.25) is 0 Å². The van der Waals surface area contributed by atoms with Crippen molar-refractivity contribution in [2.75, 3.05) is 5.32 Å². The number of nitrogens with one attached hydrogen (secondary N) is 1. The Labute approximate surface area is 165 Å². The molecule has 1 saturated carbocycles. The van der Waals surface area contributed by atoms with Gasteiger partial charge in [-0.1, -0.05) is 23.8 Å². The Morgan fingerprint density at radius 2 is 1.93 bits per heavy atom. The Bertz CT molecular complexity index is 912. The maximum absolute atomic E-state index is 13.2. The first kappa shape index (κ1) is 18.8. The van der Waals surface area contributed by atoms with E-state index in [-0.39, 0.29) is 24.1 Å². The standard InChI is InChI=1S/C23H26FN3O/c1-14-10-19-21(11-14)26-13-20(22(28)12-15-2-4-16(24)5-3-15)23(19)27-18-8-6-17(25)7-9-18/h2-5,10,13,17-18H,6-9,11-12,25H2,1H3,(H,26,27). The van der Waals surface area contributed by atoms with Crippen molar-refractivity contribution in [1.29, 1.82) is 0 Å². The van der Waals surface area contributed by atoms with Gasteiger partial charge in [-0.25, -0.2) is 4.39 Å². The fraction of sp³-hybridized carbons (Fsp3) is 0.391. The molecule has 2 aliphatic rings. The van der Waals surface area contributed by atoms with E-state index in [2.05, 4.69) is 23.3 Å². The highest BCUT2D eigenvalue weighted by Crippen LogP contribution is 2.34. The van der Waals surface area contributed by atoms with E-state index < -0.39 is 0 Å². The number of nitrogens with zero attached hydrogens (tertiary/aromatic N) is 1. The first-order valence-electron chi connectivity index (χ1n) is 9.98. The monoisotopic (exact) mass is 379 g/mol. The number of aromatic nitrogens is 1. The third-order valence-electron chi connectivity index (χ3n) is 5.73. The van der Waals surface area contributed by atoms with Gasteiger partial charge >= 0.3 is 0 Å². The van der Waals surface area contributed by atoms with Crippen molar-refractivity contribution in [3.63, 3.8) is 0 Å².